The molecule has 0 spiro atoms. The number of rotatable bonds is 9. The third-order valence-electron chi connectivity index (χ3n) is 5.02. The van der Waals surface area contributed by atoms with E-state index in [1.807, 2.05) is 77.9 Å². The number of carbonyl (C=O) groups is 2. The fraction of sp³-hybridized carbons (Fsp3) is 0.440. The summed E-state index contributed by atoms with van der Waals surface area (Å²) in [6.45, 7) is 11.7. The summed E-state index contributed by atoms with van der Waals surface area (Å²) in [4.78, 5) is 27.7. The van der Waals surface area contributed by atoms with Crippen molar-refractivity contribution in [3.8, 4) is 5.75 Å². The molecule has 0 aliphatic rings. The van der Waals surface area contributed by atoms with Crippen molar-refractivity contribution >= 4 is 23.4 Å². The largest absolute Gasteiger partial charge is 0.484 e. The number of nitrogens with zero attached hydrogens (tertiary/aromatic N) is 1. The highest BCUT2D eigenvalue weighted by atomic mass is 35.5. The number of hydrogen-bond acceptors (Lipinski definition) is 3. The first-order valence-electron chi connectivity index (χ1n) is 10.7. The Morgan fingerprint density at radius 2 is 1.74 bits per heavy atom. The van der Waals surface area contributed by atoms with Crippen molar-refractivity contribution in [2.75, 3.05) is 6.61 Å². The Bertz CT molecular complexity index is 904. The van der Waals surface area contributed by atoms with Crippen LogP contribution in [0.25, 0.3) is 0 Å². The third kappa shape index (κ3) is 7.00. The summed E-state index contributed by atoms with van der Waals surface area (Å²) in [6.07, 6.45) is 0.509. The first-order chi connectivity index (χ1) is 14.6. The topological polar surface area (TPSA) is 58.6 Å². The van der Waals surface area contributed by atoms with Crippen LogP contribution in [0.3, 0.4) is 0 Å². The van der Waals surface area contributed by atoms with Gasteiger partial charge < -0.3 is 15.0 Å². The van der Waals surface area contributed by atoms with Crippen LogP contribution in [0, 0.1) is 20.8 Å². The molecule has 2 rings (SSSR count). The van der Waals surface area contributed by atoms with Crippen LogP contribution in [0.5, 0.6) is 5.75 Å². The molecule has 1 unspecified atom stereocenters. The van der Waals surface area contributed by atoms with Crippen molar-refractivity contribution in [2.24, 2.45) is 0 Å². The van der Waals surface area contributed by atoms with Crippen LogP contribution in [-0.2, 0) is 16.1 Å². The van der Waals surface area contributed by atoms with E-state index in [2.05, 4.69) is 5.32 Å². The van der Waals surface area contributed by atoms with Crippen molar-refractivity contribution in [3.05, 3.63) is 63.7 Å². The van der Waals surface area contributed by atoms with E-state index < -0.39 is 6.04 Å². The van der Waals surface area contributed by atoms with Gasteiger partial charge in [-0.25, -0.2) is 0 Å². The second-order valence-corrected chi connectivity index (χ2v) is 8.64. The number of hydrogen-bond donors (Lipinski definition) is 1. The van der Waals surface area contributed by atoms with Gasteiger partial charge in [-0.1, -0.05) is 48.4 Å². The van der Waals surface area contributed by atoms with E-state index in [0.29, 0.717) is 23.7 Å². The Labute approximate surface area is 190 Å². The lowest BCUT2D eigenvalue weighted by Crippen LogP contribution is -2.51. The normalized spacial score (nSPS) is 11.9. The molecule has 168 valence electrons. The van der Waals surface area contributed by atoms with Gasteiger partial charge >= 0.3 is 0 Å². The monoisotopic (exact) mass is 444 g/mol. The predicted molar refractivity (Wildman–Crippen MR) is 126 cm³/mol. The summed E-state index contributed by atoms with van der Waals surface area (Å²) in [5.74, 6) is 0.192. The van der Waals surface area contributed by atoms with Crippen LogP contribution in [-0.4, -0.2) is 35.4 Å². The summed E-state index contributed by atoms with van der Waals surface area (Å²) in [6, 6.07) is 11.0. The lowest BCUT2D eigenvalue weighted by Gasteiger charge is -2.31. The molecule has 0 saturated heterocycles. The number of ether oxygens (including phenoxy) is 1. The van der Waals surface area contributed by atoms with Crippen LogP contribution in [0.4, 0.5) is 0 Å². The number of benzene rings is 2. The van der Waals surface area contributed by atoms with Crippen LogP contribution >= 0.6 is 11.6 Å². The van der Waals surface area contributed by atoms with E-state index in [1.165, 1.54) is 0 Å². The molecule has 0 saturated carbocycles. The van der Waals surface area contributed by atoms with E-state index in [-0.39, 0.29) is 24.5 Å². The predicted octanol–water partition coefficient (Wildman–Crippen LogP) is 4.98. The van der Waals surface area contributed by atoms with E-state index in [0.717, 1.165) is 22.3 Å². The standard InChI is InChI=1S/C25H33ClN2O3/c1-7-22(25(30)27-16(2)3)28(14-20-10-8-9-17(4)11-20)23(29)15-31-21-12-18(5)24(26)19(6)13-21/h8-13,16,22H,7,14-15H2,1-6H3,(H,27,30). The van der Waals surface area contributed by atoms with Gasteiger partial charge in [-0.3, -0.25) is 9.59 Å². The molecular weight excluding hydrogens is 412 g/mol. The van der Waals surface area contributed by atoms with Gasteiger partial charge in [0.05, 0.1) is 0 Å². The highest BCUT2D eigenvalue weighted by Gasteiger charge is 2.29. The summed E-state index contributed by atoms with van der Waals surface area (Å²) >= 11 is 6.23. The molecule has 31 heavy (non-hydrogen) atoms. The van der Waals surface area contributed by atoms with Crippen LogP contribution in [0.2, 0.25) is 5.02 Å². The molecule has 2 aromatic rings. The van der Waals surface area contributed by atoms with E-state index in [1.54, 1.807) is 4.90 Å². The maximum atomic E-state index is 13.2. The molecule has 0 bridgehead atoms. The molecule has 0 radical (unpaired) electrons. The Morgan fingerprint density at radius 3 is 2.29 bits per heavy atom. The van der Waals surface area contributed by atoms with Crippen molar-refractivity contribution in [1.82, 2.24) is 10.2 Å². The minimum absolute atomic E-state index is 0.00580. The maximum absolute atomic E-state index is 13.2. The average Bonchev–Trinajstić information content (AvgIpc) is 2.69. The molecule has 6 heteroatoms. The number of aryl methyl sites for hydroxylation is 3. The molecule has 0 fully saturated rings. The van der Waals surface area contributed by atoms with Crippen molar-refractivity contribution in [2.45, 2.75) is 66.6 Å². The summed E-state index contributed by atoms with van der Waals surface area (Å²) in [5.41, 5.74) is 3.86. The first kappa shape index (κ1) is 24.7. The van der Waals surface area contributed by atoms with Crippen LogP contribution in [0.15, 0.2) is 36.4 Å². The van der Waals surface area contributed by atoms with E-state index in [9.17, 15) is 9.59 Å². The fourth-order valence-corrected chi connectivity index (χ4v) is 3.63. The fourth-order valence-electron chi connectivity index (χ4n) is 3.52. The third-order valence-corrected chi connectivity index (χ3v) is 5.62. The summed E-state index contributed by atoms with van der Waals surface area (Å²) in [5, 5.41) is 3.62. The van der Waals surface area contributed by atoms with E-state index >= 15 is 0 Å². The Kier molecular flexibility index (Phi) is 8.93. The smallest absolute Gasteiger partial charge is 0.261 e. The molecule has 0 aliphatic heterocycles. The van der Waals surface area contributed by atoms with Crippen molar-refractivity contribution in [3.63, 3.8) is 0 Å². The molecule has 0 aromatic heterocycles. The molecule has 0 heterocycles. The zero-order valence-electron chi connectivity index (χ0n) is 19.3. The molecule has 5 nitrogen and oxygen atoms in total. The van der Waals surface area contributed by atoms with Gasteiger partial charge in [0.1, 0.15) is 11.8 Å². The second-order valence-electron chi connectivity index (χ2n) is 8.26. The quantitative estimate of drug-likeness (QED) is 0.593. The molecule has 2 aromatic carbocycles. The van der Waals surface area contributed by atoms with Gasteiger partial charge in [-0.05, 0) is 69.9 Å². The Balaban J connectivity index is 2.25. The van der Waals surface area contributed by atoms with Crippen molar-refractivity contribution < 1.29 is 14.3 Å². The highest BCUT2D eigenvalue weighted by Crippen LogP contribution is 2.26. The van der Waals surface area contributed by atoms with Gasteiger partial charge in [-0.15, -0.1) is 0 Å². The summed E-state index contributed by atoms with van der Waals surface area (Å²) in [7, 11) is 0. The van der Waals surface area contributed by atoms with Gasteiger partial charge in [0, 0.05) is 17.6 Å². The molecule has 0 aliphatic carbocycles. The Hall–Kier alpha value is -2.53. The van der Waals surface area contributed by atoms with Gasteiger partial charge in [0.15, 0.2) is 6.61 Å². The number of halogens is 1. The maximum Gasteiger partial charge on any atom is 0.261 e. The first-order valence-corrected chi connectivity index (χ1v) is 11.0. The number of amides is 2. The second kappa shape index (κ2) is 11.2. The minimum atomic E-state index is -0.576. The highest BCUT2D eigenvalue weighted by molar-refractivity contribution is 6.32. The number of carbonyl (C=O) groups excluding carboxylic acids is 2. The summed E-state index contributed by atoms with van der Waals surface area (Å²) < 4.78 is 5.80. The Morgan fingerprint density at radius 1 is 1.10 bits per heavy atom. The van der Waals surface area contributed by atoms with Crippen molar-refractivity contribution in [1.29, 1.82) is 0 Å². The SMILES string of the molecule is CCC(C(=O)NC(C)C)N(Cc1cccc(C)c1)C(=O)COc1cc(C)c(Cl)c(C)c1. The molecule has 2 amide bonds. The van der Waals surface area contributed by atoms with Gasteiger partial charge in [-0.2, -0.15) is 0 Å². The zero-order chi connectivity index (χ0) is 23.1. The number of nitrogens with one attached hydrogen (secondary N) is 1. The lowest BCUT2D eigenvalue weighted by atomic mass is 10.1. The molecule has 1 N–H and O–H groups in total. The van der Waals surface area contributed by atoms with Gasteiger partial charge in [0.2, 0.25) is 5.91 Å². The van der Waals surface area contributed by atoms with Crippen LogP contribution < -0.4 is 10.1 Å². The molecule has 1 atom stereocenters. The van der Waals surface area contributed by atoms with E-state index in [4.69, 9.17) is 16.3 Å². The zero-order valence-corrected chi connectivity index (χ0v) is 20.0. The van der Waals surface area contributed by atoms with Gasteiger partial charge in [0.25, 0.3) is 5.91 Å². The average molecular weight is 445 g/mol. The van der Waals surface area contributed by atoms with Crippen LogP contribution in [0.1, 0.15) is 49.4 Å². The molecular formula is C25H33ClN2O3. The minimum Gasteiger partial charge on any atom is -0.484 e. The lowest BCUT2D eigenvalue weighted by molar-refractivity contribution is -0.143.